The minimum atomic E-state index is -1.06. The molecule has 0 aliphatic carbocycles. The number of esters is 1. The number of fused-ring (bicyclic) bond motifs is 5. The van der Waals surface area contributed by atoms with Crippen LogP contribution in [0.1, 0.15) is 90.0 Å². The first kappa shape index (κ1) is 40.4. The number of phenols is 1. The van der Waals surface area contributed by atoms with Gasteiger partial charge >= 0.3 is 18.1 Å². The predicted molar refractivity (Wildman–Crippen MR) is 215 cm³/mol. The number of piperazine rings is 1. The van der Waals surface area contributed by atoms with Crippen LogP contribution < -0.4 is 9.64 Å². The van der Waals surface area contributed by atoms with E-state index in [9.17, 15) is 19.1 Å². The maximum Gasteiger partial charge on any atom is 0.413 e. The second-order valence-electron chi connectivity index (χ2n) is 16.3. The fourth-order valence-electron chi connectivity index (χ4n) is 9.63. The number of hydrogen-bond acceptors (Lipinski definition) is 11. The Hall–Kier alpha value is -5.36. The molecule has 4 aromatic rings. The number of anilines is 1. The molecule has 6 heterocycles. The van der Waals surface area contributed by atoms with E-state index < -0.39 is 41.7 Å². The molecule has 1 N–H and O–H groups in total. The summed E-state index contributed by atoms with van der Waals surface area (Å²) in [5, 5.41) is 11.5. The van der Waals surface area contributed by atoms with Gasteiger partial charge in [-0.25, -0.2) is 18.0 Å². The Morgan fingerprint density at radius 1 is 1.07 bits per heavy atom. The predicted octanol–water partition coefficient (Wildman–Crippen LogP) is 7.80. The highest BCUT2D eigenvalue weighted by Crippen LogP contribution is 2.43. The molecule has 0 saturated carbocycles. The van der Waals surface area contributed by atoms with Crippen LogP contribution >= 0.6 is 0 Å². The van der Waals surface area contributed by atoms with E-state index in [-0.39, 0.29) is 70.0 Å². The van der Waals surface area contributed by atoms with Crippen LogP contribution in [0.25, 0.3) is 32.9 Å². The third-order valence-electron chi connectivity index (χ3n) is 12.4. The number of carbonyl (C=O) groups is 2. The Labute approximate surface area is 341 Å². The van der Waals surface area contributed by atoms with Gasteiger partial charge in [-0.15, -0.1) is 6.42 Å². The molecule has 5 atom stereocenters. The minimum Gasteiger partial charge on any atom is -0.508 e. The fourth-order valence-corrected chi connectivity index (χ4v) is 9.63. The largest absolute Gasteiger partial charge is 0.508 e. The molecule has 12 nitrogen and oxygen atoms in total. The molecule has 0 spiro atoms. The molecule has 1 amide bonds. The summed E-state index contributed by atoms with van der Waals surface area (Å²) in [5.41, 5.74) is -0.901. The summed E-state index contributed by atoms with van der Waals surface area (Å²) in [6, 6.07) is 4.63. The van der Waals surface area contributed by atoms with Gasteiger partial charge in [0.2, 0.25) is 6.29 Å². The molecular formula is C44H49F3N6O6. The fraction of sp³-hybridized carbons (Fsp3) is 0.523. The van der Waals surface area contributed by atoms with E-state index in [4.69, 9.17) is 25.6 Å². The van der Waals surface area contributed by atoms with Gasteiger partial charge < -0.3 is 24.2 Å². The second-order valence-corrected chi connectivity index (χ2v) is 16.3. The lowest BCUT2D eigenvalue weighted by Gasteiger charge is -2.41. The van der Waals surface area contributed by atoms with E-state index >= 15 is 8.78 Å². The zero-order valence-electron chi connectivity index (χ0n) is 33.4. The van der Waals surface area contributed by atoms with Crippen molar-refractivity contribution in [1.29, 1.82) is 0 Å². The molecule has 3 unspecified atom stereocenters. The maximum atomic E-state index is 17.1. The standard InChI is InChI=1S/C44H49F3N6O6/c1-4-6-7-8-9-11-36(55)58-26(3)59-43(56)53-29-13-14-30(53)24-51(23-29)41-34-21-48-39(33-19-31(54)18-27-12-15-35(46)32(5-2)37(27)33)38(47)40(34)49-42(50-41)57-25-44-16-10-17-52(44)22-28(45)20-44/h2,12,15,18-19,21,26,28-30,54H,4,6-11,13-14,16-17,20,22-25H2,1,3H3/t26?,28-,29?,30?,44+/m1/s1. The summed E-state index contributed by atoms with van der Waals surface area (Å²) >= 11 is 0. The molecule has 8 rings (SSSR count). The number of hydrogen-bond donors (Lipinski definition) is 1. The summed E-state index contributed by atoms with van der Waals surface area (Å²) in [5.74, 6) is 0.534. The molecule has 0 radical (unpaired) electrons. The van der Waals surface area contributed by atoms with Crippen LogP contribution in [0.2, 0.25) is 0 Å². The van der Waals surface area contributed by atoms with Crippen LogP contribution in [0.15, 0.2) is 30.5 Å². The van der Waals surface area contributed by atoms with Crippen LogP contribution in [0.5, 0.6) is 11.8 Å². The van der Waals surface area contributed by atoms with Gasteiger partial charge in [0, 0.05) is 56.5 Å². The number of halogens is 3. The maximum absolute atomic E-state index is 17.1. The Morgan fingerprint density at radius 3 is 2.61 bits per heavy atom. The first-order valence-electron chi connectivity index (χ1n) is 20.7. The normalized spacial score (nSPS) is 23.1. The molecule has 2 aromatic heterocycles. The molecule has 59 heavy (non-hydrogen) atoms. The summed E-state index contributed by atoms with van der Waals surface area (Å²) in [6.45, 7) is 5.47. The lowest BCUT2D eigenvalue weighted by atomic mass is 9.95. The van der Waals surface area contributed by atoms with Crippen molar-refractivity contribution in [3.63, 3.8) is 0 Å². The van der Waals surface area contributed by atoms with Crippen LogP contribution in [-0.2, 0) is 14.3 Å². The number of terminal acetylenes is 1. The zero-order chi connectivity index (χ0) is 41.4. The molecule has 4 fully saturated rings. The topological polar surface area (TPSA) is 130 Å². The second kappa shape index (κ2) is 16.7. The summed E-state index contributed by atoms with van der Waals surface area (Å²) in [6.07, 6.45) is 13.0. The molecule has 15 heteroatoms. The number of nitrogens with zero attached hydrogens (tertiary/aromatic N) is 6. The lowest BCUT2D eigenvalue weighted by Crippen LogP contribution is -2.56. The molecule has 4 aliphatic heterocycles. The molecular weight excluding hydrogens is 766 g/mol. The number of carbonyl (C=O) groups excluding carboxylic acids is 2. The Kier molecular flexibility index (Phi) is 11.5. The van der Waals surface area contributed by atoms with Crippen molar-refractivity contribution in [2.45, 2.75) is 115 Å². The van der Waals surface area contributed by atoms with Gasteiger partial charge in [0.25, 0.3) is 0 Å². The Bertz CT molecular complexity index is 2290. The number of ether oxygens (including phenoxy) is 3. The molecule has 312 valence electrons. The molecule has 4 aliphatic rings. The van der Waals surface area contributed by atoms with Gasteiger partial charge in [-0.1, -0.05) is 44.6 Å². The molecule has 2 bridgehead atoms. The van der Waals surface area contributed by atoms with Gasteiger partial charge in [-0.2, -0.15) is 9.97 Å². The molecule has 4 saturated heterocycles. The van der Waals surface area contributed by atoms with Crippen molar-refractivity contribution in [2.75, 3.05) is 37.7 Å². The van der Waals surface area contributed by atoms with Crippen molar-refractivity contribution in [1.82, 2.24) is 24.8 Å². The highest BCUT2D eigenvalue weighted by Gasteiger charge is 2.50. The highest BCUT2D eigenvalue weighted by atomic mass is 19.1. The number of phenolic OH excluding ortho intramolecular Hbond substituents is 1. The van der Waals surface area contributed by atoms with Gasteiger partial charge in [0.1, 0.15) is 41.4 Å². The van der Waals surface area contributed by atoms with E-state index in [1.54, 1.807) is 4.90 Å². The summed E-state index contributed by atoms with van der Waals surface area (Å²) in [7, 11) is 0. The first-order chi connectivity index (χ1) is 28.5. The average Bonchev–Trinajstić information content (AvgIpc) is 3.83. The number of aromatic nitrogens is 3. The van der Waals surface area contributed by atoms with Crippen LogP contribution in [0.3, 0.4) is 0 Å². The minimum absolute atomic E-state index is 0.0759. The third kappa shape index (κ3) is 7.91. The zero-order valence-corrected chi connectivity index (χ0v) is 33.4. The number of pyridine rings is 1. The third-order valence-corrected chi connectivity index (χ3v) is 12.4. The van der Waals surface area contributed by atoms with Gasteiger partial charge in [-0.05, 0) is 62.2 Å². The number of unbranched alkanes of at least 4 members (excludes halogenated alkanes) is 4. The van der Waals surface area contributed by atoms with Crippen LogP contribution in [0.4, 0.5) is 23.8 Å². The van der Waals surface area contributed by atoms with Crippen molar-refractivity contribution in [2.24, 2.45) is 0 Å². The molecule has 2 aromatic carbocycles. The van der Waals surface area contributed by atoms with E-state index in [0.717, 1.165) is 45.1 Å². The number of aromatic hydroxyl groups is 1. The lowest BCUT2D eigenvalue weighted by molar-refractivity contribution is -0.166. The van der Waals surface area contributed by atoms with Crippen molar-refractivity contribution in [3.8, 4) is 35.4 Å². The Balaban J connectivity index is 1.09. The van der Waals surface area contributed by atoms with E-state index in [2.05, 4.69) is 27.7 Å². The van der Waals surface area contributed by atoms with Crippen molar-refractivity contribution >= 4 is 39.6 Å². The summed E-state index contributed by atoms with van der Waals surface area (Å²) < 4.78 is 64.1. The van der Waals surface area contributed by atoms with Crippen molar-refractivity contribution in [3.05, 3.63) is 47.7 Å². The number of benzene rings is 2. The van der Waals surface area contributed by atoms with E-state index in [1.807, 2.05) is 4.90 Å². The number of amides is 1. The average molecular weight is 815 g/mol. The van der Waals surface area contributed by atoms with E-state index in [1.165, 1.54) is 37.4 Å². The number of alkyl halides is 1. The van der Waals surface area contributed by atoms with Gasteiger partial charge in [0.05, 0.1) is 28.6 Å². The van der Waals surface area contributed by atoms with Gasteiger partial charge in [-0.3, -0.25) is 19.6 Å². The van der Waals surface area contributed by atoms with Crippen molar-refractivity contribution < 1.29 is 42.1 Å². The van der Waals surface area contributed by atoms with Crippen LogP contribution in [-0.4, -0.2) is 105 Å². The van der Waals surface area contributed by atoms with Gasteiger partial charge in [0.15, 0.2) is 5.82 Å². The first-order valence-corrected chi connectivity index (χ1v) is 20.7. The smallest absolute Gasteiger partial charge is 0.413 e. The van der Waals surface area contributed by atoms with E-state index in [0.29, 0.717) is 56.5 Å². The SMILES string of the molecule is C#Cc1c(F)ccc2cc(O)cc(-c3ncc4c(N5CC6CCC(C5)N6C(=O)OC(C)OC(=O)CCCCCCC)nc(OC[C@@]56CCCN5C[C@H](F)C6)nc4c3F)c12. The quantitative estimate of drug-likeness (QED) is 0.0614. The Morgan fingerprint density at radius 2 is 1.85 bits per heavy atom. The highest BCUT2D eigenvalue weighted by molar-refractivity contribution is 6.03. The monoisotopic (exact) mass is 814 g/mol. The summed E-state index contributed by atoms with van der Waals surface area (Å²) in [4.78, 5) is 45.5. The number of rotatable bonds is 13. The van der Waals surface area contributed by atoms with Crippen LogP contribution in [0, 0.1) is 24.0 Å².